The normalized spacial score (nSPS) is 11.4. The Morgan fingerprint density at radius 3 is 2.55 bits per heavy atom. The van der Waals surface area contributed by atoms with Crippen LogP contribution < -0.4 is 0 Å². The van der Waals surface area contributed by atoms with Gasteiger partial charge < -0.3 is 0 Å². The molecule has 0 aliphatic carbocycles. The Bertz CT molecular complexity index is 632. The summed E-state index contributed by atoms with van der Waals surface area (Å²) in [5.74, 6) is 0. The number of halogens is 4. The number of alkyl halides is 3. The molecule has 1 aromatic heterocycles. The van der Waals surface area contributed by atoms with Gasteiger partial charge in [-0.3, -0.25) is 4.79 Å². The summed E-state index contributed by atoms with van der Waals surface area (Å²) < 4.78 is 39.4. The van der Waals surface area contributed by atoms with Crippen LogP contribution >= 0.6 is 27.7 Å². The molecule has 0 unspecified atom stereocenters. The number of pyridine rings is 1. The van der Waals surface area contributed by atoms with Crippen LogP contribution in [0.25, 0.3) is 0 Å². The van der Waals surface area contributed by atoms with Gasteiger partial charge in [-0.25, -0.2) is 4.98 Å². The van der Waals surface area contributed by atoms with Crippen molar-refractivity contribution in [3.8, 4) is 0 Å². The van der Waals surface area contributed by atoms with Crippen LogP contribution in [0.1, 0.15) is 15.9 Å². The van der Waals surface area contributed by atoms with Crippen LogP contribution in [0.5, 0.6) is 0 Å². The lowest BCUT2D eigenvalue weighted by Crippen LogP contribution is -2.09. The van der Waals surface area contributed by atoms with E-state index in [2.05, 4.69) is 20.9 Å². The van der Waals surface area contributed by atoms with E-state index in [-0.39, 0.29) is 14.9 Å². The highest BCUT2D eigenvalue weighted by Crippen LogP contribution is 2.42. The Kier molecular flexibility index (Phi) is 4.49. The number of nitrogens with zero attached hydrogens (tertiary/aromatic N) is 1. The first-order valence-electron chi connectivity index (χ1n) is 5.36. The van der Waals surface area contributed by atoms with Crippen LogP contribution in [-0.4, -0.2) is 11.3 Å². The Morgan fingerprint density at radius 2 is 2.00 bits per heavy atom. The minimum Gasteiger partial charge on any atom is -0.298 e. The van der Waals surface area contributed by atoms with Crippen molar-refractivity contribution in [3.05, 3.63) is 52.1 Å². The molecule has 104 valence electrons. The maximum Gasteiger partial charge on any atom is 0.417 e. The fourth-order valence-corrected chi connectivity index (χ4v) is 2.99. The molecule has 0 saturated heterocycles. The third-order valence-corrected chi connectivity index (χ3v) is 3.93. The molecule has 0 saturated carbocycles. The van der Waals surface area contributed by atoms with Gasteiger partial charge in [-0.2, -0.15) is 13.2 Å². The van der Waals surface area contributed by atoms with E-state index in [4.69, 9.17) is 0 Å². The van der Waals surface area contributed by atoms with Crippen LogP contribution in [0.15, 0.2) is 50.9 Å². The minimum absolute atomic E-state index is 0.0256. The molecule has 7 heteroatoms. The molecule has 0 fully saturated rings. The fourth-order valence-electron chi connectivity index (χ4n) is 1.54. The zero-order valence-corrected chi connectivity index (χ0v) is 12.2. The summed E-state index contributed by atoms with van der Waals surface area (Å²) in [6.45, 7) is 0. The molecule has 0 amide bonds. The molecule has 0 atom stereocenters. The average Bonchev–Trinajstić information content (AvgIpc) is 2.40. The summed E-state index contributed by atoms with van der Waals surface area (Å²) in [6.07, 6.45) is -2.65. The molecule has 1 aromatic carbocycles. The summed E-state index contributed by atoms with van der Waals surface area (Å²) in [5, 5.41) is 0.392. The largest absolute Gasteiger partial charge is 0.417 e. The van der Waals surface area contributed by atoms with E-state index >= 15 is 0 Å². The van der Waals surface area contributed by atoms with Gasteiger partial charge in [0.1, 0.15) is 5.03 Å². The van der Waals surface area contributed by atoms with Crippen molar-refractivity contribution in [1.29, 1.82) is 0 Å². The lowest BCUT2D eigenvalue weighted by atomic mass is 10.1. The molecular weight excluding hydrogens is 355 g/mol. The number of rotatable bonds is 3. The van der Waals surface area contributed by atoms with Gasteiger partial charge >= 0.3 is 6.18 Å². The highest BCUT2D eigenvalue weighted by molar-refractivity contribution is 9.10. The summed E-state index contributed by atoms with van der Waals surface area (Å²) in [4.78, 5) is 14.8. The Morgan fingerprint density at radius 1 is 1.25 bits per heavy atom. The molecule has 0 radical (unpaired) electrons. The van der Waals surface area contributed by atoms with Crippen molar-refractivity contribution in [2.45, 2.75) is 16.1 Å². The zero-order chi connectivity index (χ0) is 14.8. The molecule has 0 bridgehead atoms. The van der Waals surface area contributed by atoms with E-state index in [1.807, 2.05) is 0 Å². The lowest BCUT2D eigenvalue weighted by molar-refractivity contribution is -0.139. The van der Waals surface area contributed by atoms with Gasteiger partial charge in [0.25, 0.3) is 0 Å². The van der Waals surface area contributed by atoms with Crippen LogP contribution in [-0.2, 0) is 6.18 Å². The predicted molar refractivity (Wildman–Crippen MR) is 72.9 cm³/mol. The van der Waals surface area contributed by atoms with Crippen molar-refractivity contribution in [2.75, 3.05) is 0 Å². The molecule has 20 heavy (non-hydrogen) atoms. The van der Waals surface area contributed by atoms with Gasteiger partial charge in [-0.15, -0.1) is 0 Å². The second-order valence-electron chi connectivity index (χ2n) is 3.76. The lowest BCUT2D eigenvalue weighted by Gasteiger charge is -2.14. The molecule has 2 aromatic rings. The number of aldehydes is 1. The Balaban J connectivity index is 2.57. The van der Waals surface area contributed by atoms with E-state index in [0.717, 1.165) is 17.8 Å². The number of carbonyl (C=O) groups excluding carboxylic acids is 1. The zero-order valence-electron chi connectivity index (χ0n) is 9.82. The number of aromatic nitrogens is 1. The van der Waals surface area contributed by atoms with Crippen molar-refractivity contribution in [1.82, 2.24) is 4.98 Å². The predicted octanol–water partition coefficient (Wildman–Crippen LogP) is 4.83. The molecular formula is C13H7BrF3NOS. The van der Waals surface area contributed by atoms with E-state index in [1.54, 1.807) is 18.2 Å². The number of benzene rings is 1. The first kappa shape index (κ1) is 15.1. The summed E-state index contributed by atoms with van der Waals surface area (Å²) >= 11 is 3.80. The second kappa shape index (κ2) is 5.97. The van der Waals surface area contributed by atoms with Crippen LogP contribution in [0, 0.1) is 0 Å². The van der Waals surface area contributed by atoms with Crippen molar-refractivity contribution in [3.63, 3.8) is 0 Å². The van der Waals surface area contributed by atoms with E-state index in [0.29, 0.717) is 11.3 Å². The highest BCUT2D eigenvalue weighted by Gasteiger charge is 2.35. The third-order valence-electron chi connectivity index (χ3n) is 2.36. The van der Waals surface area contributed by atoms with E-state index in [1.165, 1.54) is 12.3 Å². The standard InChI is InChI=1S/C13H7BrF3NOS/c14-9-5-8(7-19)12(10(6-9)13(15,16)17)20-11-3-1-2-4-18-11/h1-7H. The first-order chi connectivity index (χ1) is 9.41. The number of hydrogen-bond acceptors (Lipinski definition) is 3. The van der Waals surface area contributed by atoms with Gasteiger partial charge in [0, 0.05) is 21.1 Å². The number of hydrogen-bond donors (Lipinski definition) is 0. The third kappa shape index (κ3) is 3.40. The Hall–Kier alpha value is -1.34. The summed E-state index contributed by atoms with van der Waals surface area (Å²) in [5.41, 5.74) is -0.882. The van der Waals surface area contributed by atoms with Crippen LogP contribution in [0.3, 0.4) is 0 Å². The molecule has 1 heterocycles. The quantitative estimate of drug-likeness (QED) is 0.733. The van der Waals surface area contributed by atoms with Gasteiger partial charge in [0.15, 0.2) is 6.29 Å². The van der Waals surface area contributed by atoms with E-state index < -0.39 is 11.7 Å². The van der Waals surface area contributed by atoms with Crippen molar-refractivity contribution < 1.29 is 18.0 Å². The fraction of sp³-hybridized carbons (Fsp3) is 0.0769. The molecule has 0 aliphatic heterocycles. The second-order valence-corrected chi connectivity index (χ2v) is 5.70. The highest BCUT2D eigenvalue weighted by atomic mass is 79.9. The van der Waals surface area contributed by atoms with Crippen molar-refractivity contribution in [2.24, 2.45) is 0 Å². The molecule has 0 N–H and O–H groups in total. The average molecular weight is 362 g/mol. The molecule has 0 aliphatic rings. The van der Waals surface area contributed by atoms with Gasteiger partial charge in [0.05, 0.1) is 5.56 Å². The van der Waals surface area contributed by atoms with Gasteiger partial charge in [-0.1, -0.05) is 33.8 Å². The SMILES string of the molecule is O=Cc1cc(Br)cc(C(F)(F)F)c1Sc1ccccn1. The summed E-state index contributed by atoms with van der Waals surface area (Å²) in [6, 6.07) is 7.23. The van der Waals surface area contributed by atoms with Crippen LogP contribution in [0.4, 0.5) is 13.2 Å². The first-order valence-corrected chi connectivity index (χ1v) is 6.97. The Labute approximate surface area is 125 Å². The van der Waals surface area contributed by atoms with Gasteiger partial charge in [0.2, 0.25) is 0 Å². The van der Waals surface area contributed by atoms with E-state index in [9.17, 15) is 18.0 Å². The maximum atomic E-state index is 13.1. The monoisotopic (exact) mass is 361 g/mol. The van der Waals surface area contributed by atoms with Gasteiger partial charge in [-0.05, 0) is 24.3 Å². The van der Waals surface area contributed by atoms with Crippen LogP contribution in [0.2, 0.25) is 0 Å². The maximum absolute atomic E-state index is 13.1. The van der Waals surface area contributed by atoms with Crippen molar-refractivity contribution >= 4 is 34.0 Å². The molecule has 2 rings (SSSR count). The summed E-state index contributed by atoms with van der Waals surface area (Å²) in [7, 11) is 0. The molecule has 0 spiro atoms. The molecule has 2 nitrogen and oxygen atoms in total. The topological polar surface area (TPSA) is 30.0 Å². The smallest absolute Gasteiger partial charge is 0.298 e. The number of carbonyl (C=O) groups is 1. The minimum atomic E-state index is -4.54.